The van der Waals surface area contributed by atoms with Crippen LogP contribution in [0.3, 0.4) is 0 Å². The summed E-state index contributed by atoms with van der Waals surface area (Å²) in [6, 6.07) is 12.2. The molecule has 0 aromatic heterocycles. The zero-order valence-electron chi connectivity index (χ0n) is 8.90. The summed E-state index contributed by atoms with van der Waals surface area (Å²) in [6.45, 7) is 2.09. The van der Waals surface area contributed by atoms with Crippen LogP contribution in [0.2, 0.25) is 0 Å². The highest BCUT2D eigenvalue weighted by molar-refractivity contribution is 5.90. The molecule has 0 radical (unpaired) electrons. The number of benzene rings is 2. The highest BCUT2D eigenvalue weighted by Crippen LogP contribution is 2.23. The Bertz CT molecular complexity index is 505. The lowest BCUT2D eigenvalue weighted by Crippen LogP contribution is -2.13. The zero-order valence-corrected chi connectivity index (χ0v) is 8.90. The van der Waals surface area contributed by atoms with Gasteiger partial charge in [-0.3, -0.25) is 4.79 Å². The molecular weight excluding hydrogens is 186 g/mol. The Hall–Kier alpha value is -1.83. The molecule has 0 aliphatic heterocycles. The molecule has 1 amide bonds. The smallest absolute Gasteiger partial charge is 0.213 e. The van der Waals surface area contributed by atoms with Gasteiger partial charge < -0.3 is 4.90 Å². The van der Waals surface area contributed by atoms with Crippen LogP contribution in [0, 0.1) is 6.92 Å². The predicted octanol–water partition coefficient (Wildman–Crippen LogP) is 2.74. The fraction of sp³-hybridized carbons (Fsp3) is 0.154. The molecule has 0 aliphatic carbocycles. The van der Waals surface area contributed by atoms with Gasteiger partial charge in [0.05, 0.1) is 0 Å². The fourth-order valence-corrected chi connectivity index (χ4v) is 1.71. The van der Waals surface area contributed by atoms with Gasteiger partial charge in [0.2, 0.25) is 6.41 Å². The van der Waals surface area contributed by atoms with Crippen LogP contribution in [0.1, 0.15) is 5.56 Å². The van der Waals surface area contributed by atoms with E-state index in [4.69, 9.17) is 0 Å². The van der Waals surface area contributed by atoms with Crippen LogP contribution in [0.15, 0.2) is 36.4 Å². The van der Waals surface area contributed by atoms with Crippen LogP contribution in [0.4, 0.5) is 5.69 Å². The van der Waals surface area contributed by atoms with Gasteiger partial charge in [0.15, 0.2) is 0 Å². The number of carbonyl (C=O) groups excluding carboxylic acids is 1. The van der Waals surface area contributed by atoms with Crippen LogP contribution >= 0.6 is 0 Å². The van der Waals surface area contributed by atoms with E-state index < -0.39 is 0 Å². The minimum atomic E-state index is 0.816. The van der Waals surface area contributed by atoms with E-state index in [-0.39, 0.29) is 0 Å². The summed E-state index contributed by atoms with van der Waals surface area (Å²) in [6.07, 6.45) is 0.816. The summed E-state index contributed by atoms with van der Waals surface area (Å²) in [5, 5.41) is 2.40. The number of nitrogens with zero attached hydrogens (tertiary/aromatic N) is 1. The Kier molecular flexibility index (Phi) is 2.42. The number of anilines is 1. The number of fused-ring (bicyclic) bond motifs is 1. The van der Waals surface area contributed by atoms with E-state index in [1.54, 1.807) is 11.9 Å². The Labute approximate surface area is 89.1 Å². The topological polar surface area (TPSA) is 20.3 Å². The molecule has 0 saturated heterocycles. The summed E-state index contributed by atoms with van der Waals surface area (Å²) in [5.41, 5.74) is 2.18. The van der Waals surface area contributed by atoms with Gasteiger partial charge in [-0.25, -0.2) is 0 Å². The summed E-state index contributed by atoms with van der Waals surface area (Å²) in [4.78, 5) is 12.2. The first-order chi connectivity index (χ1) is 7.22. The van der Waals surface area contributed by atoms with Gasteiger partial charge >= 0.3 is 0 Å². The SMILES string of the molecule is Cc1cccc2cc(N(C)C=O)ccc12. The third-order valence-electron chi connectivity index (χ3n) is 2.65. The first-order valence-electron chi connectivity index (χ1n) is 4.90. The van der Waals surface area contributed by atoms with Crippen molar-refractivity contribution in [3.05, 3.63) is 42.0 Å². The lowest BCUT2D eigenvalue weighted by molar-refractivity contribution is -0.107. The van der Waals surface area contributed by atoms with Gasteiger partial charge in [-0.05, 0) is 35.4 Å². The second-order valence-corrected chi connectivity index (χ2v) is 3.70. The van der Waals surface area contributed by atoms with Crippen molar-refractivity contribution in [1.29, 1.82) is 0 Å². The Morgan fingerprint density at radius 2 is 2.00 bits per heavy atom. The first-order valence-corrected chi connectivity index (χ1v) is 4.90. The van der Waals surface area contributed by atoms with Crippen molar-refractivity contribution in [2.24, 2.45) is 0 Å². The average molecular weight is 199 g/mol. The summed E-state index contributed by atoms with van der Waals surface area (Å²) < 4.78 is 0. The van der Waals surface area contributed by atoms with Crippen molar-refractivity contribution < 1.29 is 4.79 Å². The number of carbonyl (C=O) groups is 1. The van der Waals surface area contributed by atoms with Crippen LogP contribution in [-0.2, 0) is 4.79 Å². The average Bonchev–Trinajstić information content (AvgIpc) is 2.28. The van der Waals surface area contributed by atoms with Crippen molar-refractivity contribution in [2.75, 3.05) is 11.9 Å². The maximum absolute atomic E-state index is 10.6. The number of hydrogen-bond acceptors (Lipinski definition) is 1. The van der Waals surface area contributed by atoms with Crippen molar-refractivity contribution in [2.45, 2.75) is 6.92 Å². The van der Waals surface area contributed by atoms with E-state index in [1.807, 2.05) is 18.2 Å². The Morgan fingerprint density at radius 3 is 2.73 bits per heavy atom. The third-order valence-corrected chi connectivity index (χ3v) is 2.65. The van der Waals surface area contributed by atoms with Crippen molar-refractivity contribution in [3.63, 3.8) is 0 Å². The first kappa shape index (κ1) is 9.71. The van der Waals surface area contributed by atoms with Gasteiger partial charge in [0.25, 0.3) is 0 Å². The van der Waals surface area contributed by atoms with E-state index in [2.05, 4.69) is 25.1 Å². The molecule has 0 atom stereocenters. The highest BCUT2D eigenvalue weighted by atomic mass is 16.1. The summed E-state index contributed by atoms with van der Waals surface area (Å²) in [7, 11) is 1.75. The van der Waals surface area contributed by atoms with Crippen LogP contribution in [0.25, 0.3) is 10.8 Å². The number of aryl methyl sites for hydroxylation is 1. The summed E-state index contributed by atoms with van der Waals surface area (Å²) in [5.74, 6) is 0. The van der Waals surface area contributed by atoms with E-state index >= 15 is 0 Å². The second kappa shape index (κ2) is 3.73. The van der Waals surface area contributed by atoms with Crippen molar-refractivity contribution in [3.8, 4) is 0 Å². The van der Waals surface area contributed by atoms with E-state index in [1.165, 1.54) is 16.3 Å². The molecule has 0 saturated carbocycles. The molecule has 0 unspecified atom stereocenters. The maximum atomic E-state index is 10.6. The Morgan fingerprint density at radius 1 is 1.20 bits per heavy atom. The number of rotatable bonds is 2. The molecular formula is C13H13NO. The quantitative estimate of drug-likeness (QED) is 0.681. The third kappa shape index (κ3) is 1.71. The Balaban J connectivity index is 2.61. The lowest BCUT2D eigenvalue weighted by Gasteiger charge is -2.12. The normalized spacial score (nSPS) is 10.3. The van der Waals surface area contributed by atoms with Gasteiger partial charge in [0, 0.05) is 12.7 Å². The predicted molar refractivity (Wildman–Crippen MR) is 63.2 cm³/mol. The zero-order chi connectivity index (χ0) is 10.8. The number of amides is 1. The molecule has 0 bridgehead atoms. The van der Waals surface area contributed by atoms with Crippen LogP contribution in [-0.4, -0.2) is 13.5 Å². The van der Waals surface area contributed by atoms with Gasteiger partial charge in [0.1, 0.15) is 0 Å². The molecule has 0 N–H and O–H groups in total. The van der Waals surface area contributed by atoms with Crippen LogP contribution in [0.5, 0.6) is 0 Å². The molecule has 2 nitrogen and oxygen atoms in total. The molecule has 2 heteroatoms. The molecule has 2 rings (SSSR count). The minimum Gasteiger partial charge on any atom is -0.318 e. The molecule has 2 aromatic rings. The second-order valence-electron chi connectivity index (χ2n) is 3.70. The monoisotopic (exact) mass is 199 g/mol. The molecule has 0 fully saturated rings. The number of hydrogen-bond donors (Lipinski definition) is 0. The largest absolute Gasteiger partial charge is 0.318 e. The van der Waals surface area contributed by atoms with Crippen molar-refractivity contribution >= 4 is 22.9 Å². The summed E-state index contributed by atoms with van der Waals surface area (Å²) >= 11 is 0. The van der Waals surface area contributed by atoms with Gasteiger partial charge in [-0.1, -0.05) is 24.3 Å². The fourth-order valence-electron chi connectivity index (χ4n) is 1.71. The molecule has 0 heterocycles. The molecule has 0 aliphatic rings. The van der Waals surface area contributed by atoms with E-state index in [0.29, 0.717) is 0 Å². The molecule has 0 spiro atoms. The van der Waals surface area contributed by atoms with Crippen LogP contribution < -0.4 is 4.90 Å². The molecule has 15 heavy (non-hydrogen) atoms. The standard InChI is InChI=1S/C13H13NO/c1-10-4-3-5-11-8-12(14(2)9-15)6-7-13(10)11/h3-9H,1-2H3. The molecule has 76 valence electrons. The van der Waals surface area contributed by atoms with Gasteiger partial charge in [-0.15, -0.1) is 0 Å². The lowest BCUT2D eigenvalue weighted by atomic mass is 10.0. The minimum absolute atomic E-state index is 0.816. The van der Waals surface area contributed by atoms with E-state index in [0.717, 1.165) is 12.1 Å². The highest BCUT2D eigenvalue weighted by Gasteiger charge is 2.01. The van der Waals surface area contributed by atoms with E-state index in [9.17, 15) is 4.79 Å². The molecule has 2 aromatic carbocycles. The van der Waals surface area contributed by atoms with Gasteiger partial charge in [-0.2, -0.15) is 0 Å². The van der Waals surface area contributed by atoms with Crippen molar-refractivity contribution in [1.82, 2.24) is 0 Å². The maximum Gasteiger partial charge on any atom is 0.213 e.